The molecule has 0 spiro atoms. The molecule has 0 atom stereocenters. The number of imidazole rings is 1. The van der Waals surface area contributed by atoms with E-state index in [0.717, 1.165) is 23.3 Å². The van der Waals surface area contributed by atoms with Crippen LogP contribution < -0.4 is 5.73 Å². The van der Waals surface area contributed by atoms with E-state index in [1.54, 1.807) is 17.0 Å². The molecule has 0 fully saturated rings. The second-order valence-electron chi connectivity index (χ2n) is 5.99. The number of aromatic nitrogens is 4. The van der Waals surface area contributed by atoms with E-state index in [1.165, 1.54) is 18.2 Å². The molecule has 28 heavy (non-hydrogen) atoms. The van der Waals surface area contributed by atoms with Gasteiger partial charge in [0.05, 0.1) is 6.33 Å². The highest BCUT2D eigenvalue weighted by molar-refractivity contribution is 5.84. The van der Waals surface area contributed by atoms with Crippen molar-refractivity contribution in [2.75, 3.05) is 5.73 Å². The molecule has 0 unspecified atom stereocenters. The molecule has 0 aliphatic rings. The zero-order valence-electron chi connectivity index (χ0n) is 15.0. The largest absolute Gasteiger partial charge is 0.503 e. The highest BCUT2D eigenvalue weighted by Gasteiger charge is 2.12. The molecule has 2 aromatic carbocycles. The Balaban J connectivity index is 0.000000211. The van der Waals surface area contributed by atoms with Crippen LogP contribution in [0.1, 0.15) is 5.56 Å². The molecule has 2 aromatic heterocycles. The van der Waals surface area contributed by atoms with Gasteiger partial charge in [0.25, 0.3) is 0 Å². The average molecular weight is 387 g/mol. The van der Waals surface area contributed by atoms with Gasteiger partial charge in [-0.2, -0.15) is 0 Å². The second kappa shape index (κ2) is 7.55. The molecule has 3 N–H and O–H groups in total. The Morgan fingerprint density at radius 3 is 2.32 bits per heavy atom. The minimum atomic E-state index is -0.935. The summed E-state index contributed by atoms with van der Waals surface area (Å²) in [6, 6.07) is 7.64. The minimum absolute atomic E-state index is 0.282. The van der Waals surface area contributed by atoms with Crippen LogP contribution in [-0.2, 0) is 7.05 Å². The minimum Gasteiger partial charge on any atom is -0.503 e. The normalized spacial score (nSPS) is 10.6. The number of hydrogen-bond donors (Lipinski definition) is 2. The fourth-order valence-corrected chi connectivity index (χ4v) is 2.52. The third kappa shape index (κ3) is 3.73. The van der Waals surface area contributed by atoms with Crippen LogP contribution in [0.15, 0.2) is 42.7 Å². The molecule has 0 aliphatic heterocycles. The number of rotatable bonds is 1. The molecule has 0 amide bonds. The molecule has 4 rings (SSSR count). The number of anilines is 1. The first-order valence-electron chi connectivity index (χ1n) is 8.12. The lowest BCUT2D eigenvalue weighted by molar-refractivity contribution is 0.396. The van der Waals surface area contributed by atoms with Crippen molar-refractivity contribution in [2.45, 2.75) is 6.92 Å². The van der Waals surface area contributed by atoms with Crippen molar-refractivity contribution in [3.05, 3.63) is 65.7 Å². The maximum atomic E-state index is 13.1. The number of nitrogen functional groups attached to an aromatic ring is 1. The Bertz CT molecular complexity index is 1140. The Labute approximate surface area is 158 Å². The van der Waals surface area contributed by atoms with Gasteiger partial charge in [-0.05, 0) is 42.8 Å². The third-order valence-corrected chi connectivity index (χ3v) is 3.95. The molecule has 6 nitrogen and oxygen atoms in total. The standard InChI is InChI=1S/C13H12FN5.C6H4F2O/c1-7-5-8(14)3-4-9(7)12-17-11(15)10-13(18-12)19(2)6-16-10;7-4-2-1-3-5(8)6(4)9/h3-6H,1-2H3,(H2,15,17,18);1-3,9H. The number of fused-ring (bicyclic) bond motifs is 1. The number of halogens is 3. The Morgan fingerprint density at radius 1 is 1.04 bits per heavy atom. The lowest BCUT2D eigenvalue weighted by Gasteiger charge is -2.06. The smallest absolute Gasteiger partial charge is 0.187 e. The van der Waals surface area contributed by atoms with E-state index in [4.69, 9.17) is 10.8 Å². The highest BCUT2D eigenvalue weighted by atomic mass is 19.1. The lowest BCUT2D eigenvalue weighted by Crippen LogP contribution is -2.00. The molecular formula is C19H16F3N5O. The van der Waals surface area contributed by atoms with Gasteiger partial charge in [-0.3, -0.25) is 0 Å². The summed E-state index contributed by atoms with van der Waals surface area (Å²) in [6.07, 6.45) is 1.64. The number of aromatic hydroxyl groups is 1. The second-order valence-corrected chi connectivity index (χ2v) is 5.99. The van der Waals surface area contributed by atoms with E-state index in [2.05, 4.69) is 15.0 Å². The van der Waals surface area contributed by atoms with Gasteiger partial charge in [0.15, 0.2) is 34.7 Å². The molecule has 0 bridgehead atoms. The molecular weight excluding hydrogens is 371 g/mol. The molecule has 144 valence electrons. The number of nitrogens with two attached hydrogens (primary N) is 1. The quantitative estimate of drug-likeness (QED) is 0.519. The van der Waals surface area contributed by atoms with E-state index in [9.17, 15) is 13.2 Å². The Kier molecular flexibility index (Phi) is 5.16. The first-order valence-corrected chi connectivity index (χ1v) is 8.12. The third-order valence-electron chi connectivity index (χ3n) is 3.95. The molecule has 4 aromatic rings. The molecule has 0 aliphatic carbocycles. The van der Waals surface area contributed by atoms with Crippen LogP contribution in [-0.4, -0.2) is 24.6 Å². The van der Waals surface area contributed by atoms with Crippen molar-refractivity contribution in [3.8, 4) is 17.1 Å². The van der Waals surface area contributed by atoms with Gasteiger partial charge in [0.2, 0.25) is 0 Å². The average Bonchev–Trinajstić information content (AvgIpc) is 3.02. The van der Waals surface area contributed by atoms with Crippen LogP contribution >= 0.6 is 0 Å². The van der Waals surface area contributed by atoms with Gasteiger partial charge in [0.1, 0.15) is 11.3 Å². The Morgan fingerprint density at radius 2 is 1.71 bits per heavy atom. The van der Waals surface area contributed by atoms with Crippen molar-refractivity contribution in [1.29, 1.82) is 0 Å². The zero-order valence-corrected chi connectivity index (χ0v) is 15.0. The van der Waals surface area contributed by atoms with Crippen LogP contribution in [0.4, 0.5) is 19.0 Å². The van der Waals surface area contributed by atoms with Gasteiger partial charge in [0, 0.05) is 12.6 Å². The fraction of sp³-hybridized carbons (Fsp3) is 0.105. The maximum Gasteiger partial charge on any atom is 0.187 e. The lowest BCUT2D eigenvalue weighted by atomic mass is 10.1. The molecule has 0 saturated carbocycles. The van der Waals surface area contributed by atoms with E-state index in [1.807, 2.05) is 14.0 Å². The number of benzene rings is 2. The molecule has 2 heterocycles. The summed E-state index contributed by atoms with van der Waals surface area (Å²) in [5.41, 5.74) is 8.65. The van der Waals surface area contributed by atoms with Gasteiger partial charge < -0.3 is 15.4 Å². The van der Waals surface area contributed by atoms with Gasteiger partial charge in [-0.25, -0.2) is 28.1 Å². The first kappa shape index (κ1) is 19.2. The van der Waals surface area contributed by atoms with Crippen LogP contribution in [0, 0.1) is 24.4 Å². The SMILES string of the molecule is Cc1cc(F)ccc1-c1nc(N)c2ncn(C)c2n1.Oc1c(F)cccc1F. The number of phenolic OH excluding ortho intramolecular Hbond substituents is 1. The van der Waals surface area contributed by atoms with Crippen molar-refractivity contribution >= 4 is 17.0 Å². The van der Waals surface area contributed by atoms with E-state index < -0.39 is 17.4 Å². The predicted octanol–water partition coefficient (Wildman–Crippen LogP) is 3.73. The number of nitrogens with zero attached hydrogens (tertiary/aromatic N) is 4. The summed E-state index contributed by atoms with van der Waals surface area (Å²) >= 11 is 0. The van der Waals surface area contributed by atoms with Crippen molar-refractivity contribution < 1.29 is 18.3 Å². The maximum absolute atomic E-state index is 13.1. The van der Waals surface area contributed by atoms with Crippen molar-refractivity contribution in [2.24, 2.45) is 7.05 Å². The van der Waals surface area contributed by atoms with Crippen LogP contribution in [0.25, 0.3) is 22.6 Å². The van der Waals surface area contributed by atoms with E-state index >= 15 is 0 Å². The Hall–Kier alpha value is -3.62. The number of aryl methyl sites for hydroxylation is 2. The van der Waals surface area contributed by atoms with E-state index in [-0.39, 0.29) is 5.82 Å². The summed E-state index contributed by atoms with van der Waals surface area (Å²) in [6.45, 7) is 1.81. The number of phenols is 1. The summed E-state index contributed by atoms with van der Waals surface area (Å²) in [7, 11) is 1.84. The summed E-state index contributed by atoms with van der Waals surface area (Å²) in [5, 5.41) is 8.46. The molecule has 0 radical (unpaired) electrons. The summed E-state index contributed by atoms with van der Waals surface area (Å²) in [5.74, 6) is -2.27. The predicted molar refractivity (Wildman–Crippen MR) is 98.9 cm³/mol. The summed E-state index contributed by atoms with van der Waals surface area (Å²) < 4.78 is 39.1. The number of hydrogen-bond acceptors (Lipinski definition) is 5. The fourth-order valence-electron chi connectivity index (χ4n) is 2.52. The van der Waals surface area contributed by atoms with E-state index in [0.29, 0.717) is 22.8 Å². The summed E-state index contributed by atoms with van der Waals surface area (Å²) in [4.78, 5) is 12.8. The van der Waals surface area contributed by atoms with Crippen molar-refractivity contribution in [3.63, 3.8) is 0 Å². The van der Waals surface area contributed by atoms with Gasteiger partial charge >= 0.3 is 0 Å². The van der Waals surface area contributed by atoms with Gasteiger partial charge in [-0.15, -0.1) is 0 Å². The molecule has 0 saturated heterocycles. The van der Waals surface area contributed by atoms with Crippen LogP contribution in [0.3, 0.4) is 0 Å². The van der Waals surface area contributed by atoms with Crippen LogP contribution in [0.5, 0.6) is 5.75 Å². The zero-order chi connectivity index (χ0) is 20.4. The monoisotopic (exact) mass is 387 g/mol. The number of para-hydroxylation sites is 1. The van der Waals surface area contributed by atoms with Gasteiger partial charge in [-0.1, -0.05) is 6.07 Å². The highest BCUT2D eigenvalue weighted by Crippen LogP contribution is 2.24. The van der Waals surface area contributed by atoms with Crippen molar-refractivity contribution in [1.82, 2.24) is 19.5 Å². The topological polar surface area (TPSA) is 89.9 Å². The first-order chi connectivity index (χ1) is 13.3. The van der Waals surface area contributed by atoms with Crippen LogP contribution in [0.2, 0.25) is 0 Å². The molecule has 9 heteroatoms.